The van der Waals surface area contributed by atoms with Crippen LogP contribution in [0.5, 0.6) is 0 Å². The molecule has 0 nitrogen and oxygen atoms in total. The first kappa shape index (κ1) is 14.1. The average Bonchev–Trinajstić information content (AvgIpc) is 1.94. The average molecular weight is 238 g/mol. The summed E-state index contributed by atoms with van der Waals surface area (Å²) in [6.07, 6.45) is 2.67. The first-order valence-electron chi connectivity index (χ1n) is 4.93. The molecule has 80 valence electrons. The van der Waals surface area contributed by atoms with Crippen molar-refractivity contribution in [2.75, 3.05) is 11.5 Å². The van der Waals surface area contributed by atoms with Crippen molar-refractivity contribution in [2.45, 2.75) is 49.9 Å². The Bertz CT molecular complexity index is 118. The maximum atomic E-state index is 4.51. The lowest BCUT2D eigenvalue weighted by Crippen LogP contribution is -2.12. The van der Waals surface area contributed by atoms with Crippen molar-refractivity contribution in [3.8, 4) is 0 Å². The lowest BCUT2D eigenvalue weighted by Gasteiger charge is -2.21. The minimum absolute atomic E-state index is 0.116. The van der Waals surface area contributed by atoms with Crippen molar-refractivity contribution >= 4 is 36.2 Å². The van der Waals surface area contributed by atoms with Crippen LogP contribution in [0.1, 0.15) is 40.5 Å². The Morgan fingerprint density at radius 2 is 2.00 bits per heavy atom. The van der Waals surface area contributed by atoms with E-state index in [4.69, 9.17) is 0 Å². The van der Waals surface area contributed by atoms with Gasteiger partial charge in [-0.2, -0.15) is 24.4 Å². The van der Waals surface area contributed by atoms with Crippen molar-refractivity contribution in [2.24, 2.45) is 0 Å². The minimum atomic E-state index is 0.116. The molecule has 3 heteroatoms. The maximum Gasteiger partial charge on any atom is 0.0528 e. The van der Waals surface area contributed by atoms with E-state index in [9.17, 15) is 0 Å². The van der Waals surface area contributed by atoms with Gasteiger partial charge < -0.3 is 0 Å². The van der Waals surface area contributed by atoms with Crippen LogP contribution in [-0.2, 0) is 0 Å². The first-order valence-corrected chi connectivity index (χ1v) is 7.42. The minimum Gasteiger partial charge on any atom is -0.162 e. The number of thiol groups is 1. The molecule has 0 spiro atoms. The molecule has 0 aromatic rings. The van der Waals surface area contributed by atoms with Gasteiger partial charge in [-0.15, -0.1) is 11.8 Å². The van der Waals surface area contributed by atoms with Crippen LogP contribution in [0.25, 0.3) is 0 Å². The molecule has 0 aliphatic heterocycles. The summed E-state index contributed by atoms with van der Waals surface area (Å²) in [7, 11) is 0. The fraction of sp³-hybridized carbons (Fsp3) is 1.00. The quantitative estimate of drug-likeness (QED) is 0.399. The largest absolute Gasteiger partial charge is 0.162 e. The van der Waals surface area contributed by atoms with Gasteiger partial charge >= 0.3 is 0 Å². The highest BCUT2D eigenvalue weighted by molar-refractivity contribution is 8.12. The molecule has 0 bridgehead atoms. The van der Waals surface area contributed by atoms with Crippen LogP contribution in [0.2, 0.25) is 0 Å². The third kappa shape index (κ3) is 11.0. The molecule has 0 fully saturated rings. The zero-order valence-corrected chi connectivity index (χ0v) is 11.7. The van der Waals surface area contributed by atoms with E-state index in [1.54, 1.807) is 0 Å². The summed E-state index contributed by atoms with van der Waals surface area (Å²) in [5.74, 6) is 2.57. The molecule has 1 atom stereocenters. The zero-order valence-electron chi connectivity index (χ0n) is 9.17. The third-order valence-corrected chi connectivity index (χ3v) is 4.47. The van der Waals surface area contributed by atoms with Gasteiger partial charge in [-0.1, -0.05) is 20.3 Å². The van der Waals surface area contributed by atoms with Gasteiger partial charge in [-0.25, -0.2) is 0 Å². The number of hydrogen-bond donors (Lipinski definition) is 1. The Labute approximate surface area is 97.4 Å². The van der Waals surface area contributed by atoms with E-state index in [2.05, 4.69) is 52.1 Å². The van der Waals surface area contributed by atoms with Gasteiger partial charge in [0.05, 0.1) is 4.08 Å². The van der Waals surface area contributed by atoms with Crippen LogP contribution in [0.4, 0.5) is 0 Å². The Morgan fingerprint density at radius 3 is 2.46 bits per heavy atom. The van der Waals surface area contributed by atoms with Gasteiger partial charge in [0.25, 0.3) is 0 Å². The van der Waals surface area contributed by atoms with Crippen molar-refractivity contribution < 1.29 is 0 Å². The van der Waals surface area contributed by atoms with Crippen molar-refractivity contribution in [1.29, 1.82) is 0 Å². The molecule has 0 amide bonds. The molecule has 0 rings (SSSR count). The normalized spacial score (nSPS) is 14.5. The Morgan fingerprint density at radius 1 is 1.38 bits per heavy atom. The molecule has 0 N–H and O–H groups in total. The Hall–Kier alpha value is 1.05. The molecule has 0 heterocycles. The van der Waals surface area contributed by atoms with Gasteiger partial charge in [0.15, 0.2) is 0 Å². The molecule has 0 aliphatic rings. The molecular weight excluding hydrogens is 216 g/mol. The van der Waals surface area contributed by atoms with Crippen LogP contribution in [0.15, 0.2) is 0 Å². The topological polar surface area (TPSA) is 0 Å². The summed E-state index contributed by atoms with van der Waals surface area (Å²) in [6.45, 7) is 8.86. The van der Waals surface area contributed by atoms with Crippen molar-refractivity contribution in [3.63, 3.8) is 0 Å². The van der Waals surface area contributed by atoms with E-state index in [0.717, 1.165) is 0 Å². The molecule has 1 unspecified atom stereocenters. The third-order valence-electron chi connectivity index (χ3n) is 1.48. The fourth-order valence-corrected chi connectivity index (χ4v) is 4.10. The monoisotopic (exact) mass is 238 g/mol. The van der Waals surface area contributed by atoms with Gasteiger partial charge in [-0.3, -0.25) is 0 Å². The summed E-state index contributed by atoms with van der Waals surface area (Å²) >= 11 is 8.54. The molecule has 0 saturated carbocycles. The second-order valence-corrected chi connectivity index (χ2v) is 8.44. The number of thioether (sulfide) groups is 2. The van der Waals surface area contributed by atoms with E-state index in [0.29, 0.717) is 5.25 Å². The highest BCUT2D eigenvalue weighted by atomic mass is 32.2. The number of unbranched alkanes of at least 4 members (excludes halogenated alkanes) is 1. The highest BCUT2D eigenvalue weighted by Crippen LogP contribution is 2.33. The maximum absolute atomic E-state index is 4.51. The Kier molecular flexibility index (Phi) is 7.95. The zero-order chi connectivity index (χ0) is 10.3. The van der Waals surface area contributed by atoms with Crippen LogP contribution in [-0.4, -0.2) is 20.8 Å². The predicted octanol–water partition coefficient (Wildman–Crippen LogP) is 4.31. The summed E-state index contributed by atoms with van der Waals surface area (Å²) in [5, 5.41) is 0.717. The smallest absolute Gasteiger partial charge is 0.0528 e. The van der Waals surface area contributed by atoms with Gasteiger partial charge in [0, 0.05) is 11.0 Å². The molecule has 0 aliphatic carbocycles. The van der Waals surface area contributed by atoms with Crippen LogP contribution in [0, 0.1) is 0 Å². The van der Waals surface area contributed by atoms with E-state index in [-0.39, 0.29) is 4.08 Å². The molecular formula is C10H22S3. The van der Waals surface area contributed by atoms with Gasteiger partial charge in [0.1, 0.15) is 0 Å². The van der Waals surface area contributed by atoms with Crippen LogP contribution < -0.4 is 0 Å². The van der Waals surface area contributed by atoms with Crippen molar-refractivity contribution in [1.82, 2.24) is 0 Å². The number of rotatable bonds is 7. The van der Waals surface area contributed by atoms with Gasteiger partial charge in [0.2, 0.25) is 0 Å². The van der Waals surface area contributed by atoms with E-state index in [1.165, 1.54) is 24.3 Å². The predicted molar refractivity (Wildman–Crippen MR) is 72.4 cm³/mol. The lowest BCUT2D eigenvalue weighted by molar-refractivity contribution is 0.895. The molecule has 0 saturated heterocycles. The molecule has 0 aromatic carbocycles. The van der Waals surface area contributed by atoms with E-state index >= 15 is 0 Å². The van der Waals surface area contributed by atoms with E-state index < -0.39 is 0 Å². The SMILES string of the molecule is CCCCSCC(C)SC(C)(C)S. The molecule has 13 heavy (non-hydrogen) atoms. The summed E-state index contributed by atoms with van der Waals surface area (Å²) in [6, 6.07) is 0. The van der Waals surface area contributed by atoms with Crippen LogP contribution in [0.3, 0.4) is 0 Å². The highest BCUT2D eigenvalue weighted by Gasteiger charge is 2.16. The van der Waals surface area contributed by atoms with Crippen molar-refractivity contribution in [3.05, 3.63) is 0 Å². The molecule has 0 radical (unpaired) electrons. The summed E-state index contributed by atoms with van der Waals surface area (Å²) < 4.78 is 0.116. The lowest BCUT2D eigenvalue weighted by atomic mass is 10.4. The number of hydrogen-bond acceptors (Lipinski definition) is 3. The standard InChI is InChI=1S/C10H22S3/c1-5-6-7-12-8-9(2)13-10(3,4)11/h9,11H,5-8H2,1-4H3. The summed E-state index contributed by atoms with van der Waals surface area (Å²) in [4.78, 5) is 0. The fourth-order valence-electron chi connectivity index (χ4n) is 1.02. The Balaban J connectivity index is 3.35. The van der Waals surface area contributed by atoms with E-state index in [1.807, 2.05) is 11.8 Å². The second-order valence-electron chi connectivity index (χ2n) is 3.80. The first-order chi connectivity index (χ1) is 5.95. The van der Waals surface area contributed by atoms with Crippen LogP contribution >= 0.6 is 36.2 Å². The summed E-state index contributed by atoms with van der Waals surface area (Å²) in [5.41, 5.74) is 0. The second kappa shape index (κ2) is 7.36. The molecule has 0 aromatic heterocycles. The van der Waals surface area contributed by atoms with Gasteiger partial charge in [-0.05, 0) is 26.0 Å².